The minimum Gasteiger partial charge on any atom is -0.484 e. The maximum atomic E-state index is 11.9. The number of benzene rings is 2. The quantitative estimate of drug-likeness (QED) is 0.537. The number of nitrogens with one attached hydrogen (secondary N) is 1. The number of carbonyl (C=O) groups excluding carboxylic acids is 1. The molecule has 1 heterocycles. The number of non-ortho nitro benzene ring substituents is 1. The minimum atomic E-state index is -0.517. The lowest BCUT2D eigenvalue weighted by atomic mass is 10.2. The normalized spacial score (nSPS) is 10.2. The Morgan fingerprint density at radius 1 is 1.24 bits per heavy atom. The highest BCUT2D eigenvalue weighted by Gasteiger charge is 2.09. The van der Waals surface area contributed by atoms with Crippen LogP contribution in [0.1, 0.15) is 0 Å². The Balaban J connectivity index is 1.56. The summed E-state index contributed by atoms with van der Waals surface area (Å²) in [6.07, 6.45) is 1.74. The molecule has 0 spiro atoms. The van der Waals surface area contributed by atoms with Gasteiger partial charge in [-0.15, -0.1) is 11.3 Å². The van der Waals surface area contributed by atoms with E-state index in [1.807, 2.05) is 17.5 Å². The summed E-state index contributed by atoms with van der Waals surface area (Å²) >= 11 is 1.54. The van der Waals surface area contributed by atoms with Crippen molar-refractivity contribution in [3.05, 3.63) is 70.2 Å². The summed E-state index contributed by atoms with van der Waals surface area (Å²) in [4.78, 5) is 26.4. The summed E-state index contributed by atoms with van der Waals surface area (Å²) in [5, 5.41) is 16.2. The predicted octanol–water partition coefficient (Wildman–Crippen LogP) is 3.74. The molecule has 0 radical (unpaired) electrons. The van der Waals surface area contributed by atoms with Crippen LogP contribution in [0.2, 0.25) is 0 Å². The molecular weight excluding hydrogens is 342 g/mol. The molecule has 0 aliphatic carbocycles. The minimum absolute atomic E-state index is 0.0873. The average molecular weight is 355 g/mol. The first-order valence-electron chi connectivity index (χ1n) is 7.29. The van der Waals surface area contributed by atoms with Crippen LogP contribution in [0.15, 0.2) is 60.1 Å². The Labute approximate surface area is 147 Å². The standard InChI is InChI=1S/C17H13N3O4S/c21-16(11-24-15-3-1-2-14(10-15)20(22)23)19-13-6-4-12(5-7-13)17-18-8-9-25-17/h1-10H,11H2,(H,19,21). The lowest BCUT2D eigenvalue weighted by molar-refractivity contribution is -0.384. The number of anilines is 1. The van der Waals surface area contributed by atoms with Crippen LogP contribution in [0.5, 0.6) is 5.75 Å². The fourth-order valence-electron chi connectivity index (χ4n) is 2.09. The Morgan fingerprint density at radius 3 is 2.72 bits per heavy atom. The molecule has 25 heavy (non-hydrogen) atoms. The van der Waals surface area contributed by atoms with Crippen molar-refractivity contribution < 1.29 is 14.5 Å². The van der Waals surface area contributed by atoms with Crippen molar-refractivity contribution in [1.29, 1.82) is 0 Å². The van der Waals surface area contributed by atoms with E-state index in [1.54, 1.807) is 24.4 Å². The van der Waals surface area contributed by atoms with E-state index in [4.69, 9.17) is 4.74 Å². The number of nitro groups is 1. The molecular formula is C17H13N3O4S. The number of carbonyl (C=O) groups is 1. The monoisotopic (exact) mass is 355 g/mol. The van der Waals surface area contributed by atoms with Crippen molar-refractivity contribution in [2.75, 3.05) is 11.9 Å². The lowest BCUT2D eigenvalue weighted by Crippen LogP contribution is -2.20. The van der Waals surface area contributed by atoms with Crippen LogP contribution >= 0.6 is 11.3 Å². The number of rotatable bonds is 6. The second kappa shape index (κ2) is 7.54. The number of nitrogens with zero attached hydrogens (tertiary/aromatic N) is 2. The smallest absolute Gasteiger partial charge is 0.273 e. The van der Waals surface area contributed by atoms with E-state index < -0.39 is 4.92 Å². The average Bonchev–Trinajstić information content (AvgIpc) is 3.15. The van der Waals surface area contributed by atoms with Crippen molar-refractivity contribution >= 4 is 28.6 Å². The van der Waals surface area contributed by atoms with E-state index in [0.29, 0.717) is 5.69 Å². The number of thiazole rings is 1. The molecule has 0 aliphatic rings. The van der Waals surface area contributed by atoms with Crippen molar-refractivity contribution in [3.63, 3.8) is 0 Å². The zero-order valence-electron chi connectivity index (χ0n) is 12.9. The van der Waals surface area contributed by atoms with Crippen molar-refractivity contribution in [2.24, 2.45) is 0 Å². The molecule has 3 aromatic rings. The number of amides is 1. The predicted molar refractivity (Wildman–Crippen MR) is 94.8 cm³/mol. The summed E-state index contributed by atoms with van der Waals surface area (Å²) in [5.74, 6) is -0.0861. The van der Waals surface area contributed by atoms with Crippen molar-refractivity contribution in [3.8, 4) is 16.3 Å². The van der Waals surface area contributed by atoms with Gasteiger partial charge in [0.15, 0.2) is 6.61 Å². The third kappa shape index (κ3) is 4.39. The highest BCUT2D eigenvalue weighted by atomic mass is 32.1. The third-order valence-corrected chi connectivity index (χ3v) is 4.07. The van der Waals surface area contributed by atoms with E-state index in [9.17, 15) is 14.9 Å². The number of nitro benzene ring substituents is 1. The molecule has 0 saturated carbocycles. The van der Waals surface area contributed by atoms with Gasteiger partial charge in [0.05, 0.1) is 11.0 Å². The Hall–Kier alpha value is -3.26. The first-order chi connectivity index (χ1) is 12.1. The molecule has 126 valence electrons. The maximum Gasteiger partial charge on any atom is 0.273 e. The number of aromatic nitrogens is 1. The van der Waals surface area contributed by atoms with Gasteiger partial charge in [-0.05, 0) is 30.3 Å². The van der Waals surface area contributed by atoms with E-state index in [0.717, 1.165) is 10.6 Å². The van der Waals surface area contributed by atoms with Gasteiger partial charge < -0.3 is 10.1 Å². The fraction of sp³-hybridized carbons (Fsp3) is 0.0588. The molecule has 1 N–H and O–H groups in total. The molecule has 8 heteroatoms. The fourth-order valence-corrected chi connectivity index (χ4v) is 2.74. The van der Waals surface area contributed by atoms with Gasteiger partial charge in [0.25, 0.3) is 11.6 Å². The number of ether oxygens (including phenoxy) is 1. The molecule has 0 saturated heterocycles. The largest absolute Gasteiger partial charge is 0.484 e. The third-order valence-electron chi connectivity index (χ3n) is 3.25. The van der Waals surface area contributed by atoms with Crippen LogP contribution in [-0.4, -0.2) is 22.4 Å². The van der Waals surface area contributed by atoms with Gasteiger partial charge in [0.2, 0.25) is 0 Å². The van der Waals surface area contributed by atoms with Crippen LogP contribution in [-0.2, 0) is 4.79 Å². The van der Waals surface area contributed by atoms with Crippen LogP contribution in [0.3, 0.4) is 0 Å². The van der Waals surface area contributed by atoms with Crippen LogP contribution in [0.25, 0.3) is 10.6 Å². The SMILES string of the molecule is O=C(COc1cccc([N+](=O)[O-])c1)Nc1ccc(-c2nccs2)cc1. The molecule has 0 aliphatic heterocycles. The summed E-state index contributed by atoms with van der Waals surface area (Å²) in [5.41, 5.74) is 1.52. The molecule has 3 rings (SSSR count). The van der Waals surface area contributed by atoms with Gasteiger partial charge >= 0.3 is 0 Å². The number of hydrogen-bond donors (Lipinski definition) is 1. The first kappa shape index (κ1) is 16.6. The van der Waals surface area contributed by atoms with Gasteiger partial charge in [-0.25, -0.2) is 4.98 Å². The molecule has 0 bridgehead atoms. The number of hydrogen-bond acceptors (Lipinski definition) is 6. The van der Waals surface area contributed by atoms with Gasteiger partial charge in [0, 0.05) is 28.9 Å². The molecule has 0 fully saturated rings. The molecule has 2 aromatic carbocycles. The van der Waals surface area contributed by atoms with Gasteiger partial charge in [0.1, 0.15) is 10.8 Å². The topological polar surface area (TPSA) is 94.4 Å². The summed E-state index contributed by atoms with van der Waals surface area (Å²) < 4.78 is 5.29. The first-order valence-corrected chi connectivity index (χ1v) is 8.17. The highest BCUT2D eigenvalue weighted by Crippen LogP contribution is 2.23. The van der Waals surface area contributed by atoms with Gasteiger partial charge in [-0.1, -0.05) is 6.07 Å². The molecule has 7 nitrogen and oxygen atoms in total. The highest BCUT2D eigenvalue weighted by molar-refractivity contribution is 7.13. The lowest BCUT2D eigenvalue weighted by Gasteiger charge is -2.08. The van der Waals surface area contributed by atoms with Crippen molar-refractivity contribution in [2.45, 2.75) is 0 Å². The summed E-state index contributed by atoms with van der Waals surface area (Å²) in [6.45, 7) is -0.241. The van der Waals surface area contributed by atoms with Crippen molar-refractivity contribution in [1.82, 2.24) is 4.98 Å². The van der Waals surface area contributed by atoms with Gasteiger partial charge in [-0.2, -0.15) is 0 Å². The molecule has 0 atom stereocenters. The van der Waals surface area contributed by atoms with Crippen LogP contribution < -0.4 is 10.1 Å². The zero-order valence-corrected chi connectivity index (χ0v) is 13.7. The Morgan fingerprint density at radius 2 is 2.04 bits per heavy atom. The van der Waals surface area contributed by atoms with Crippen LogP contribution in [0, 0.1) is 10.1 Å². The van der Waals surface area contributed by atoms with Crippen LogP contribution in [0.4, 0.5) is 11.4 Å². The molecule has 1 amide bonds. The molecule has 0 unspecified atom stereocenters. The van der Waals surface area contributed by atoms with E-state index in [2.05, 4.69) is 10.3 Å². The maximum absolute atomic E-state index is 11.9. The van der Waals surface area contributed by atoms with E-state index in [-0.39, 0.29) is 24.0 Å². The summed E-state index contributed by atoms with van der Waals surface area (Å²) in [6, 6.07) is 13.0. The second-order valence-corrected chi connectivity index (χ2v) is 5.90. The van der Waals surface area contributed by atoms with E-state index in [1.165, 1.54) is 29.5 Å². The zero-order chi connectivity index (χ0) is 17.6. The molecule has 1 aromatic heterocycles. The Bertz CT molecular complexity index is 879. The van der Waals surface area contributed by atoms with Gasteiger partial charge in [-0.3, -0.25) is 14.9 Å². The van der Waals surface area contributed by atoms with E-state index >= 15 is 0 Å². The second-order valence-electron chi connectivity index (χ2n) is 5.01. The summed E-state index contributed by atoms with van der Waals surface area (Å²) in [7, 11) is 0. The Kier molecular flexibility index (Phi) is 5.00.